The SMILES string of the molecule is COc1ccccc1NC(=O)CSc1nnc(COc2ccc(C)cc2)n1C. The predicted octanol–water partition coefficient (Wildman–Crippen LogP) is 3.44. The number of aryl methyl sites for hydroxylation is 1. The molecule has 1 aromatic heterocycles. The largest absolute Gasteiger partial charge is 0.495 e. The number of benzene rings is 2. The zero-order chi connectivity index (χ0) is 19.9. The summed E-state index contributed by atoms with van der Waals surface area (Å²) >= 11 is 1.31. The monoisotopic (exact) mass is 398 g/mol. The standard InChI is InChI=1S/C20H22N4O3S/c1-14-8-10-15(11-9-14)27-12-18-22-23-20(24(18)2)28-13-19(25)21-16-6-4-5-7-17(16)26-3/h4-11H,12-13H2,1-3H3,(H,21,25). The normalized spacial score (nSPS) is 10.5. The van der Waals surface area contributed by atoms with Crippen molar-refractivity contribution in [1.29, 1.82) is 0 Å². The first-order chi connectivity index (χ1) is 13.6. The number of ether oxygens (including phenoxy) is 2. The summed E-state index contributed by atoms with van der Waals surface area (Å²) in [6, 6.07) is 15.1. The number of rotatable bonds is 8. The fourth-order valence-electron chi connectivity index (χ4n) is 2.44. The van der Waals surface area contributed by atoms with Gasteiger partial charge in [0.1, 0.15) is 18.1 Å². The van der Waals surface area contributed by atoms with Crippen molar-refractivity contribution in [3.05, 3.63) is 59.9 Å². The van der Waals surface area contributed by atoms with Crippen molar-refractivity contribution in [2.75, 3.05) is 18.2 Å². The highest BCUT2D eigenvalue weighted by Gasteiger charge is 2.13. The first-order valence-electron chi connectivity index (χ1n) is 8.70. The number of hydrogen-bond acceptors (Lipinski definition) is 6. The molecule has 1 heterocycles. The van der Waals surface area contributed by atoms with E-state index in [1.165, 1.54) is 17.3 Å². The summed E-state index contributed by atoms with van der Waals surface area (Å²) in [4.78, 5) is 12.2. The molecule has 1 amide bonds. The number of aromatic nitrogens is 3. The van der Waals surface area contributed by atoms with Crippen LogP contribution < -0.4 is 14.8 Å². The summed E-state index contributed by atoms with van der Waals surface area (Å²) in [5.41, 5.74) is 1.82. The maximum Gasteiger partial charge on any atom is 0.234 e. The third kappa shape index (κ3) is 5.04. The van der Waals surface area contributed by atoms with E-state index in [1.54, 1.807) is 19.2 Å². The molecule has 0 bridgehead atoms. The average molecular weight is 398 g/mol. The van der Waals surface area contributed by atoms with Crippen LogP contribution in [0, 0.1) is 6.92 Å². The third-order valence-corrected chi connectivity index (χ3v) is 5.05. The lowest BCUT2D eigenvalue weighted by Gasteiger charge is -2.09. The van der Waals surface area contributed by atoms with Gasteiger partial charge >= 0.3 is 0 Å². The summed E-state index contributed by atoms with van der Waals surface area (Å²) in [5.74, 6) is 2.15. The summed E-state index contributed by atoms with van der Waals surface area (Å²) in [5, 5.41) is 11.8. The highest BCUT2D eigenvalue weighted by Crippen LogP contribution is 2.24. The van der Waals surface area contributed by atoms with Gasteiger partial charge in [-0.15, -0.1) is 10.2 Å². The average Bonchev–Trinajstić information content (AvgIpc) is 3.06. The van der Waals surface area contributed by atoms with Gasteiger partial charge in [0, 0.05) is 7.05 Å². The van der Waals surface area contributed by atoms with Crippen LogP contribution in [0.3, 0.4) is 0 Å². The maximum atomic E-state index is 12.2. The number of nitrogens with one attached hydrogen (secondary N) is 1. The van der Waals surface area contributed by atoms with Crippen molar-refractivity contribution in [2.24, 2.45) is 7.05 Å². The van der Waals surface area contributed by atoms with Gasteiger partial charge < -0.3 is 19.4 Å². The molecular weight excluding hydrogens is 376 g/mol. The van der Waals surface area contributed by atoms with E-state index in [1.807, 2.05) is 54.9 Å². The molecule has 0 radical (unpaired) electrons. The number of thioether (sulfide) groups is 1. The lowest BCUT2D eigenvalue weighted by atomic mass is 10.2. The second kappa shape index (κ2) is 9.27. The Kier molecular flexibility index (Phi) is 6.54. The molecule has 8 heteroatoms. The van der Waals surface area contributed by atoms with Crippen molar-refractivity contribution < 1.29 is 14.3 Å². The Morgan fingerprint density at radius 1 is 1.14 bits per heavy atom. The zero-order valence-electron chi connectivity index (χ0n) is 16.0. The van der Waals surface area contributed by atoms with E-state index in [4.69, 9.17) is 9.47 Å². The van der Waals surface area contributed by atoms with Crippen molar-refractivity contribution in [3.8, 4) is 11.5 Å². The van der Waals surface area contributed by atoms with Crippen LogP contribution in [0.5, 0.6) is 11.5 Å². The van der Waals surface area contributed by atoms with E-state index < -0.39 is 0 Å². The molecule has 0 atom stereocenters. The van der Waals surface area contributed by atoms with E-state index >= 15 is 0 Å². The highest BCUT2D eigenvalue weighted by atomic mass is 32.2. The number of carbonyl (C=O) groups excluding carboxylic acids is 1. The lowest BCUT2D eigenvalue weighted by Crippen LogP contribution is -2.15. The Bertz CT molecular complexity index is 941. The molecule has 0 saturated carbocycles. The summed E-state index contributed by atoms with van der Waals surface area (Å²) < 4.78 is 12.8. The highest BCUT2D eigenvalue weighted by molar-refractivity contribution is 7.99. The molecule has 2 aromatic carbocycles. The molecule has 0 unspecified atom stereocenters. The Hall–Kier alpha value is -3.00. The van der Waals surface area contributed by atoms with E-state index in [2.05, 4.69) is 15.5 Å². The van der Waals surface area contributed by atoms with Gasteiger partial charge in [0.2, 0.25) is 5.91 Å². The van der Waals surface area contributed by atoms with E-state index in [0.29, 0.717) is 29.0 Å². The Morgan fingerprint density at radius 2 is 1.89 bits per heavy atom. The molecule has 0 spiro atoms. The molecule has 0 saturated heterocycles. The van der Waals surface area contributed by atoms with Gasteiger partial charge in [-0.3, -0.25) is 4.79 Å². The third-order valence-electron chi connectivity index (χ3n) is 4.03. The van der Waals surface area contributed by atoms with Crippen LogP contribution in [-0.4, -0.2) is 33.5 Å². The first-order valence-corrected chi connectivity index (χ1v) is 9.69. The smallest absolute Gasteiger partial charge is 0.234 e. The molecule has 146 valence electrons. The number of methoxy groups -OCH3 is 1. The number of hydrogen-bond donors (Lipinski definition) is 1. The minimum Gasteiger partial charge on any atom is -0.495 e. The molecule has 7 nitrogen and oxygen atoms in total. The van der Waals surface area contributed by atoms with Gasteiger partial charge in [-0.1, -0.05) is 41.6 Å². The fraction of sp³-hybridized carbons (Fsp3) is 0.250. The van der Waals surface area contributed by atoms with Crippen LogP contribution in [0.15, 0.2) is 53.7 Å². The fourth-order valence-corrected chi connectivity index (χ4v) is 3.17. The minimum atomic E-state index is -0.144. The minimum absolute atomic E-state index is 0.144. The van der Waals surface area contributed by atoms with Gasteiger partial charge in [-0.25, -0.2) is 0 Å². The number of amides is 1. The zero-order valence-corrected chi connectivity index (χ0v) is 16.8. The first kappa shape index (κ1) is 19.8. The Morgan fingerprint density at radius 3 is 2.64 bits per heavy atom. The number of nitrogens with zero attached hydrogens (tertiary/aromatic N) is 3. The van der Waals surface area contributed by atoms with Gasteiger partial charge in [-0.2, -0.15) is 0 Å². The molecule has 1 N–H and O–H groups in total. The Labute approximate surface area is 168 Å². The van der Waals surface area contributed by atoms with Crippen molar-refractivity contribution in [3.63, 3.8) is 0 Å². The van der Waals surface area contributed by atoms with Crippen LogP contribution in [0.4, 0.5) is 5.69 Å². The molecule has 3 aromatic rings. The van der Waals surface area contributed by atoms with Crippen LogP contribution in [0.2, 0.25) is 0 Å². The second-order valence-corrected chi connectivity index (χ2v) is 7.04. The van der Waals surface area contributed by atoms with Crippen LogP contribution in [0.1, 0.15) is 11.4 Å². The topological polar surface area (TPSA) is 78.3 Å². The van der Waals surface area contributed by atoms with Gasteiger partial charge in [-0.05, 0) is 31.2 Å². The van der Waals surface area contributed by atoms with Gasteiger partial charge in [0.05, 0.1) is 18.6 Å². The molecule has 0 aliphatic rings. The van der Waals surface area contributed by atoms with Crippen molar-refractivity contribution >= 4 is 23.4 Å². The van der Waals surface area contributed by atoms with Crippen LogP contribution >= 0.6 is 11.8 Å². The number of carbonyl (C=O) groups is 1. The molecule has 0 aliphatic carbocycles. The lowest BCUT2D eigenvalue weighted by molar-refractivity contribution is -0.113. The number of para-hydroxylation sites is 2. The maximum absolute atomic E-state index is 12.2. The van der Waals surface area contributed by atoms with E-state index in [9.17, 15) is 4.79 Å². The molecule has 0 aliphatic heterocycles. The summed E-state index contributed by atoms with van der Waals surface area (Å²) in [6.07, 6.45) is 0. The van der Waals surface area contributed by atoms with Gasteiger partial charge in [0.25, 0.3) is 0 Å². The van der Waals surface area contributed by atoms with Crippen LogP contribution in [-0.2, 0) is 18.4 Å². The quantitative estimate of drug-likeness (QED) is 0.586. The summed E-state index contributed by atoms with van der Waals surface area (Å²) in [6.45, 7) is 2.33. The van der Waals surface area contributed by atoms with Crippen molar-refractivity contribution in [2.45, 2.75) is 18.7 Å². The molecule has 3 rings (SSSR count). The van der Waals surface area contributed by atoms with E-state index in [0.717, 1.165) is 5.75 Å². The van der Waals surface area contributed by atoms with Crippen molar-refractivity contribution in [1.82, 2.24) is 14.8 Å². The summed E-state index contributed by atoms with van der Waals surface area (Å²) in [7, 11) is 3.42. The molecular formula is C20H22N4O3S. The van der Waals surface area contributed by atoms with E-state index in [-0.39, 0.29) is 11.7 Å². The second-order valence-electron chi connectivity index (χ2n) is 6.10. The molecule has 0 fully saturated rings. The van der Waals surface area contributed by atoms with Gasteiger partial charge in [0.15, 0.2) is 11.0 Å². The predicted molar refractivity (Wildman–Crippen MR) is 109 cm³/mol. The number of anilines is 1. The van der Waals surface area contributed by atoms with Crippen LogP contribution in [0.25, 0.3) is 0 Å². The Balaban J connectivity index is 1.53. The molecule has 28 heavy (non-hydrogen) atoms.